The highest BCUT2D eigenvalue weighted by atomic mass is 32.2. The molecule has 0 aliphatic rings. The van der Waals surface area contributed by atoms with Crippen molar-refractivity contribution in [3.8, 4) is 17.1 Å². The van der Waals surface area contributed by atoms with Crippen LogP contribution in [0.4, 0.5) is 0 Å². The van der Waals surface area contributed by atoms with Crippen molar-refractivity contribution in [1.29, 1.82) is 0 Å². The van der Waals surface area contributed by atoms with Crippen molar-refractivity contribution >= 4 is 11.8 Å². The number of rotatable bonds is 7. The van der Waals surface area contributed by atoms with Crippen molar-refractivity contribution in [1.82, 2.24) is 19.7 Å². The summed E-state index contributed by atoms with van der Waals surface area (Å²) in [7, 11) is 1.68. The van der Waals surface area contributed by atoms with Crippen LogP contribution in [-0.2, 0) is 12.3 Å². The van der Waals surface area contributed by atoms with Crippen LogP contribution in [0, 0.1) is 0 Å². The minimum atomic E-state index is 0.719. The molecule has 0 radical (unpaired) electrons. The Labute approximate surface area is 168 Å². The summed E-state index contributed by atoms with van der Waals surface area (Å²) in [5, 5.41) is 9.83. The Balaban J connectivity index is 1.61. The Morgan fingerprint density at radius 1 is 0.857 bits per heavy atom. The van der Waals surface area contributed by atoms with Crippen molar-refractivity contribution < 1.29 is 4.74 Å². The number of hydrogen-bond donors (Lipinski definition) is 0. The number of pyridine rings is 1. The Morgan fingerprint density at radius 3 is 2.32 bits per heavy atom. The third kappa shape index (κ3) is 4.23. The monoisotopic (exact) mass is 388 g/mol. The summed E-state index contributed by atoms with van der Waals surface area (Å²) >= 11 is 1.68. The van der Waals surface area contributed by atoms with Gasteiger partial charge in [-0.15, -0.1) is 10.2 Å². The van der Waals surface area contributed by atoms with Crippen LogP contribution < -0.4 is 4.74 Å². The van der Waals surface area contributed by atoms with Crippen molar-refractivity contribution in [2.24, 2.45) is 0 Å². The molecule has 5 nitrogen and oxygen atoms in total. The average molecular weight is 388 g/mol. The molecule has 4 aromatic rings. The molecule has 2 aromatic carbocycles. The number of aromatic nitrogens is 4. The quantitative estimate of drug-likeness (QED) is 0.430. The maximum Gasteiger partial charge on any atom is 0.192 e. The zero-order valence-corrected chi connectivity index (χ0v) is 16.3. The van der Waals surface area contributed by atoms with Gasteiger partial charge in [-0.1, -0.05) is 54.2 Å². The van der Waals surface area contributed by atoms with Gasteiger partial charge in [0.25, 0.3) is 0 Å². The summed E-state index contributed by atoms with van der Waals surface area (Å²) in [5.41, 5.74) is 3.43. The molecular formula is C22H20N4OS. The molecule has 0 saturated carbocycles. The molecule has 140 valence electrons. The average Bonchev–Trinajstić information content (AvgIpc) is 3.16. The molecule has 0 atom stereocenters. The van der Waals surface area contributed by atoms with Crippen molar-refractivity contribution in [3.63, 3.8) is 0 Å². The van der Waals surface area contributed by atoms with E-state index in [0.717, 1.165) is 34.6 Å². The van der Waals surface area contributed by atoms with E-state index in [1.165, 1.54) is 11.1 Å². The fraction of sp³-hybridized carbons (Fsp3) is 0.136. The number of nitrogens with zero attached hydrogens (tertiary/aromatic N) is 4. The van der Waals surface area contributed by atoms with Crippen LogP contribution in [-0.4, -0.2) is 26.9 Å². The van der Waals surface area contributed by atoms with E-state index in [9.17, 15) is 0 Å². The molecule has 4 rings (SSSR count). The first-order valence-corrected chi connectivity index (χ1v) is 9.95. The van der Waals surface area contributed by atoms with Gasteiger partial charge in [0.2, 0.25) is 0 Å². The van der Waals surface area contributed by atoms with Gasteiger partial charge < -0.3 is 4.74 Å². The number of hydrogen-bond acceptors (Lipinski definition) is 5. The summed E-state index contributed by atoms with van der Waals surface area (Å²) in [6, 6.07) is 22.4. The Morgan fingerprint density at radius 2 is 1.61 bits per heavy atom. The Kier molecular flexibility index (Phi) is 5.68. The first-order valence-electron chi connectivity index (χ1n) is 8.97. The van der Waals surface area contributed by atoms with E-state index in [4.69, 9.17) is 4.74 Å². The summed E-state index contributed by atoms with van der Waals surface area (Å²) < 4.78 is 7.40. The second-order valence-corrected chi connectivity index (χ2v) is 7.19. The molecule has 0 saturated heterocycles. The molecular weight excluding hydrogens is 368 g/mol. The largest absolute Gasteiger partial charge is 0.497 e. The van der Waals surface area contributed by atoms with E-state index >= 15 is 0 Å². The van der Waals surface area contributed by atoms with Gasteiger partial charge in [0.05, 0.1) is 13.7 Å². The van der Waals surface area contributed by atoms with Gasteiger partial charge >= 0.3 is 0 Å². The predicted octanol–water partition coefficient (Wildman–Crippen LogP) is 4.69. The second-order valence-electron chi connectivity index (χ2n) is 6.25. The highest BCUT2D eigenvalue weighted by molar-refractivity contribution is 7.98. The van der Waals surface area contributed by atoms with E-state index in [1.54, 1.807) is 31.3 Å². The van der Waals surface area contributed by atoms with Crippen LogP contribution in [0.1, 0.15) is 11.1 Å². The number of methoxy groups -OCH3 is 1. The Hall–Kier alpha value is -3.12. The first kappa shape index (κ1) is 18.3. The Bertz CT molecular complexity index is 1020. The second kappa shape index (κ2) is 8.71. The molecule has 0 fully saturated rings. The van der Waals surface area contributed by atoms with E-state index in [2.05, 4.69) is 56.1 Å². The molecule has 0 spiro atoms. The third-order valence-corrected chi connectivity index (χ3v) is 5.40. The topological polar surface area (TPSA) is 52.8 Å². The van der Waals surface area contributed by atoms with Gasteiger partial charge in [-0.25, -0.2) is 0 Å². The summed E-state index contributed by atoms with van der Waals surface area (Å²) in [4.78, 5) is 4.11. The minimum Gasteiger partial charge on any atom is -0.497 e. The zero-order valence-electron chi connectivity index (χ0n) is 15.5. The standard InChI is InChI=1S/C22H20N4OS/c1-27-20-9-7-18(8-10-20)16-28-22-25-24-21(19-11-13-23-14-12-19)26(22)15-17-5-3-2-4-6-17/h2-14H,15-16H2,1H3. The fourth-order valence-corrected chi connectivity index (χ4v) is 3.78. The van der Waals surface area contributed by atoms with Crippen molar-refractivity contribution in [2.75, 3.05) is 7.11 Å². The molecule has 2 heterocycles. The van der Waals surface area contributed by atoms with Gasteiger partial charge in [-0.2, -0.15) is 0 Å². The van der Waals surface area contributed by atoms with Gasteiger partial charge in [0, 0.05) is 23.7 Å². The van der Waals surface area contributed by atoms with Crippen LogP contribution in [0.3, 0.4) is 0 Å². The lowest BCUT2D eigenvalue weighted by molar-refractivity contribution is 0.414. The molecule has 2 aromatic heterocycles. The van der Waals surface area contributed by atoms with E-state index in [1.807, 2.05) is 30.3 Å². The molecule has 6 heteroatoms. The molecule has 0 unspecified atom stereocenters. The highest BCUT2D eigenvalue weighted by Gasteiger charge is 2.15. The van der Waals surface area contributed by atoms with Crippen LogP contribution in [0.25, 0.3) is 11.4 Å². The highest BCUT2D eigenvalue weighted by Crippen LogP contribution is 2.27. The molecule has 0 amide bonds. The normalized spacial score (nSPS) is 10.8. The van der Waals surface area contributed by atoms with Crippen LogP contribution in [0.15, 0.2) is 84.3 Å². The number of thioether (sulfide) groups is 1. The van der Waals surface area contributed by atoms with Crippen LogP contribution >= 0.6 is 11.8 Å². The van der Waals surface area contributed by atoms with Crippen LogP contribution in [0.5, 0.6) is 5.75 Å². The lowest BCUT2D eigenvalue weighted by Gasteiger charge is -2.10. The molecule has 28 heavy (non-hydrogen) atoms. The first-order chi connectivity index (χ1) is 13.8. The molecule has 0 bridgehead atoms. The van der Waals surface area contributed by atoms with Gasteiger partial charge in [-0.05, 0) is 35.4 Å². The van der Waals surface area contributed by atoms with E-state index < -0.39 is 0 Å². The molecule has 0 N–H and O–H groups in total. The smallest absolute Gasteiger partial charge is 0.192 e. The number of ether oxygens (including phenoxy) is 1. The zero-order chi connectivity index (χ0) is 19.2. The van der Waals surface area contributed by atoms with Gasteiger partial charge in [-0.3, -0.25) is 9.55 Å². The van der Waals surface area contributed by atoms with Gasteiger partial charge in [0.1, 0.15) is 5.75 Å². The lowest BCUT2D eigenvalue weighted by Crippen LogP contribution is -2.04. The van der Waals surface area contributed by atoms with Crippen molar-refractivity contribution in [3.05, 3.63) is 90.3 Å². The minimum absolute atomic E-state index is 0.719. The lowest BCUT2D eigenvalue weighted by atomic mass is 10.2. The predicted molar refractivity (Wildman–Crippen MR) is 111 cm³/mol. The van der Waals surface area contributed by atoms with E-state index in [-0.39, 0.29) is 0 Å². The van der Waals surface area contributed by atoms with Gasteiger partial charge in [0.15, 0.2) is 11.0 Å². The summed E-state index contributed by atoms with van der Waals surface area (Å²) in [6.45, 7) is 0.719. The maximum atomic E-state index is 5.23. The SMILES string of the molecule is COc1ccc(CSc2nnc(-c3ccncc3)n2Cc2ccccc2)cc1. The van der Waals surface area contributed by atoms with Crippen molar-refractivity contribution in [2.45, 2.75) is 17.5 Å². The van der Waals surface area contributed by atoms with Crippen LogP contribution in [0.2, 0.25) is 0 Å². The fourth-order valence-electron chi connectivity index (χ4n) is 2.89. The third-order valence-electron chi connectivity index (χ3n) is 4.37. The maximum absolute atomic E-state index is 5.23. The molecule has 0 aliphatic heterocycles. The number of benzene rings is 2. The summed E-state index contributed by atoms with van der Waals surface area (Å²) in [6.07, 6.45) is 3.56. The molecule has 0 aliphatic carbocycles. The summed E-state index contributed by atoms with van der Waals surface area (Å²) in [5.74, 6) is 2.53. The van der Waals surface area contributed by atoms with E-state index in [0.29, 0.717) is 0 Å².